The number of hydrogen-bond donors (Lipinski definition) is 1. The fraction of sp³-hybridized carbons (Fsp3) is 0.500. The van der Waals surface area contributed by atoms with E-state index in [-0.39, 0.29) is 11.9 Å². The molecule has 1 aliphatic heterocycles. The van der Waals surface area contributed by atoms with E-state index in [9.17, 15) is 9.59 Å². The van der Waals surface area contributed by atoms with Crippen molar-refractivity contribution in [3.05, 3.63) is 34.9 Å². The van der Waals surface area contributed by atoms with Gasteiger partial charge in [0.1, 0.15) is 6.29 Å². The van der Waals surface area contributed by atoms with Crippen LogP contribution in [0.2, 0.25) is 5.02 Å². The molecule has 1 N–H and O–H groups in total. The number of carbonyl (C=O) groups excluding carboxylic acids is 2. The van der Waals surface area contributed by atoms with E-state index < -0.39 is 0 Å². The van der Waals surface area contributed by atoms with Crippen LogP contribution in [0, 0.1) is 0 Å². The lowest BCUT2D eigenvalue weighted by Gasteiger charge is -2.31. The molecule has 1 unspecified atom stereocenters. The van der Waals surface area contributed by atoms with Crippen LogP contribution in [0.5, 0.6) is 0 Å². The van der Waals surface area contributed by atoms with E-state index in [2.05, 4.69) is 5.32 Å². The molecule has 0 saturated carbocycles. The van der Waals surface area contributed by atoms with Gasteiger partial charge in [-0.2, -0.15) is 0 Å². The third-order valence-corrected chi connectivity index (χ3v) is 4.03. The molecule has 2 rings (SSSR count). The Balaban J connectivity index is 1.73. The summed E-state index contributed by atoms with van der Waals surface area (Å²) in [4.78, 5) is 24.9. The van der Waals surface area contributed by atoms with Gasteiger partial charge in [-0.05, 0) is 43.5 Å². The average Bonchev–Trinajstić information content (AvgIpc) is 2.48. The molecule has 0 bridgehead atoms. The number of benzene rings is 1. The summed E-state index contributed by atoms with van der Waals surface area (Å²) in [6.45, 7) is 1.71. The highest BCUT2D eigenvalue weighted by atomic mass is 35.5. The summed E-state index contributed by atoms with van der Waals surface area (Å²) in [6, 6.07) is 7.53. The van der Waals surface area contributed by atoms with Crippen molar-refractivity contribution in [3.8, 4) is 0 Å². The number of hydrogen-bond acceptors (Lipinski definition) is 3. The minimum atomic E-state index is -0.0996. The molecule has 1 heterocycles. The summed E-state index contributed by atoms with van der Waals surface area (Å²) in [7, 11) is 0. The first-order valence-electron chi connectivity index (χ1n) is 7.39. The van der Waals surface area contributed by atoms with E-state index in [0.29, 0.717) is 18.1 Å². The first kappa shape index (κ1) is 16.0. The number of rotatable bonds is 6. The van der Waals surface area contributed by atoms with Crippen LogP contribution in [0.15, 0.2) is 24.3 Å². The second-order valence-corrected chi connectivity index (χ2v) is 5.84. The Bertz CT molecular complexity index is 493. The fourth-order valence-corrected chi connectivity index (χ4v) is 2.86. The van der Waals surface area contributed by atoms with E-state index in [1.807, 2.05) is 29.2 Å². The standard InChI is InChI=1S/C16H21ClN2O2/c17-14-5-3-4-13(10-14)7-8-18-16(21)11-19-9-2-1-6-15(19)12-20/h3-5,10,12,15H,1-2,6-9,11H2,(H,18,21). The van der Waals surface area contributed by atoms with Gasteiger partial charge in [-0.15, -0.1) is 0 Å². The number of aldehydes is 1. The number of nitrogens with zero attached hydrogens (tertiary/aromatic N) is 1. The molecule has 114 valence electrons. The van der Waals surface area contributed by atoms with Crippen molar-refractivity contribution < 1.29 is 9.59 Å². The maximum absolute atomic E-state index is 11.9. The van der Waals surface area contributed by atoms with Crippen LogP contribution in [0.3, 0.4) is 0 Å². The Labute approximate surface area is 130 Å². The third kappa shape index (κ3) is 5.14. The van der Waals surface area contributed by atoms with Gasteiger partial charge in [0.25, 0.3) is 0 Å². The molecular weight excluding hydrogens is 288 g/mol. The van der Waals surface area contributed by atoms with Crippen molar-refractivity contribution in [1.82, 2.24) is 10.2 Å². The molecule has 1 aromatic rings. The summed E-state index contributed by atoms with van der Waals surface area (Å²) in [5.74, 6) is -0.0224. The monoisotopic (exact) mass is 308 g/mol. The maximum Gasteiger partial charge on any atom is 0.234 e. The van der Waals surface area contributed by atoms with Crippen LogP contribution in [-0.4, -0.2) is 42.8 Å². The van der Waals surface area contributed by atoms with Crippen molar-refractivity contribution in [3.63, 3.8) is 0 Å². The SMILES string of the molecule is O=CC1CCCCN1CC(=O)NCCc1cccc(Cl)c1. The van der Waals surface area contributed by atoms with Gasteiger partial charge in [0, 0.05) is 11.6 Å². The Morgan fingerprint density at radius 1 is 1.43 bits per heavy atom. The topological polar surface area (TPSA) is 49.4 Å². The van der Waals surface area contributed by atoms with E-state index in [1.165, 1.54) is 0 Å². The predicted octanol–water partition coefficient (Wildman–Crippen LogP) is 2.05. The number of carbonyl (C=O) groups is 2. The quantitative estimate of drug-likeness (QED) is 0.818. The summed E-state index contributed by atoms with van der Waals surface area (Å²) in [6.07, 6.45) is 4.69. The fourth-order valence-electron chi connectivity index (χ4n) is 2.65. The van der Waals surface area contributed by atoms with Crippen LogP contribution < -0.4 is 5.32 Å². The lowest BCUT2D eigenvalue weighted by atomic mass is 10.0. The van der Waals surface area contributed by atoms with Gasteiger partial charge in [0.15, 0.2) is 0 Å². The Morgan fingerprint density at radius 2 is 2.29 bits per heavy atom. The molecule has 5 heteroatoms. The molecule has 21 heavy (non-hydrogen) atoms. The molecule has 1 atom stereocenters. The van der Waals surface area contributed by atoms with Crippen molar-refractivity contribution in [2.45, 2.75) is 31.7 Å². The lowest BCUT2D eigenvalue weighted by molar-refractivity contribution is -0.124. The van der Waals surface area contributed by atoms with Crippen LogP contribution in [0.4, 0.5) is 0 Å². The molecule has 4 nitrogen and oxygen atoms in total. The van der Waals surface area contributed by atoms with Gasteiger partial charge in [-0.3, -0.25) is 9.69 Å². The van der Waals surface area contributed by atoms with E-state index in [1.54, 1.807) is 0 Å². The molecule has 0 aliphatic carbocycles. The van der Waals surface area contributed by atoms with E-state index in [0.717, 1.165) is 44.1 Å². The van der Waals surface area contributed by atoms with Crippen LogP contribution in [0.1, 0.15) is 24.8 Å². The number of halogens is 1. The first-order chi connectivity index (χ1) is 10.2. The van der Waals surface area contributed by atoms with Gasteiger partial charge in [-0.1, -0.05) is 30.2 Å². The smallest absolute Gasteiger partial charge is 0.234 e. The molecule has 1 amide bonds. The highest BCUT2D eigenvalue weighted by Gasteiger charge is 2.23. The molecule has 0 aromatic heterocycles. The maximum atomic E-state index is 11.9. The van der Waals surface area contributed by atoms with Crippen molar-refractivity contribution >= 4 is 23.8 Å². The van der Waals surface area contributed by atoms with Gasteiger partial charge < -0.3 is 10.1 Å². The van der Waals surface area contributed by atoms with E-state index in [4.69, 9.17) is 11.6 Å². The average molecular weight is 309 g/mol. The number of likely N-dealkylation sites (tertiary alicyclic amines) is 1. The molecule has 1 aromatic carbocycles. The molecule has 1 aliphatic rings. The summed E-state index contributed by atoms with van der Waals surface area (Å²) >= 11 is 5.92. The molecule has 1 fully saturated rings. The summed E-state index contributed by atoms with van der Waals surface area (Å²) in [5, 5.41) is 3.61. The minimum absolute atomic E-state index is 0.0224. The lowest BCUT2D eigenvalue weighted by Crippen LogP contribution is -2.46. The zero-order valence-electron chi connectivity index (χ0n) is 12.1. The highest BCUT2D eigenvalue weighted by molar-refractivity contribution is 6.30. The van der Waals surface area contributed by atoms with Gasteiger partial charge in [0.2, 0.25) is 5.91 Å². The first-order valence-corrected chi connectivity index (χ1v) is 7.77. The minimum Gasteiger partial charge on any atom is -0.355 e. The predicted molar refractivity (Wildman–Crippen MR) is 83.4 cm³/mol. The second-order valence-electron chi connectivity index (χ2n) is 5.40. The zero-order valence-corrected chi connectivity index (χ0v) is 12.8. The molecular formula is C16H21ClN2O2. The van der Waals surface area contributed by atoms with Crippen molar-refractivity contribution in [2.75, 3.05) is 19.6 Å². The molecule has 1 saturated heterocycles. The number of amides is 1. The Kier molecular flexibility index (Phi) is 6.21. The van der Waals surface area contributed by atoms with Gasteiger partial charge in [0.05, 0.1) is 12.6 Å². The van der Waals surface area contributed by atoms with Crippen LogP contribution in [0.25, 0.3) is 0 Å². The van der Waals surface area contributed by atoms with Gasteiger partial charge in [-0.25, -0.2) is 0 Å². The Hall–Kier alpha value is -1.39. The highest BCUT2D eigenvalue weighted by Crippen LogP contribution is 2.14. The van der Waals surface area contributed by atoms with Crippen LogP contribution >= 0.6 is 11.6 Å². The largest absolute Gasteiger partial charge is 0.355 e. The van der Waals surface area contributed by atoms with Crippen LogP contribution in [-0.2, 0) is 16.0 Å². The van der Waals surface area contributed by atoms with Crippen molar-refractivity contribution in [1.29, 1.82) is 0 Å². The van der Waals surface area contributed by atoms with Crippen molar-refractivity contribution in [2.24, 2.45) is 0 Å². The van der Waals surface area contributed by atoms with E-state index >= 15 is 0 Å². The summed E-state index contributed by atoms with van der Waals surface area (Å²) in [5.41, 5.74) is 1.10. The zero-order chi connectivity index (χ0) is 15.1. The molecule has 0 spiro atoms. The third-order valence-electron chi connectivity index (χ3n) is 3.79. The summed E-state index contributed by atoms with van der Waals surface area (Å²) < 4.78 is 0. The number of nitrogens with one attached hydrogen (secondary N) is 1. The Morgan fingerprint density at radius 3 is 3.05 bits per heavy atom. The second kappa shape index (κ2) is 8.15. The van der Waals surface area contributed by atoms with Gasteiger partial charge >= 0.3 is 0 Å². The molecule has 0 radical (unpaired) electrons. The normalized spacial score (nSPS) is 19.2. The number of piperidine rings is 1.